The summed E-state index contributed by atoms with van der Waals surface area (Å²) in [6.45, 7) is 4.08. The molecule has 2 bridgehead atoms. The van der Waals surface area contributed by atoms with Gasteiger partial charge in [-0.1, -0.05) is 0 Å². The van der Waals surface area contributed by atoms with E-state index >= 15 is 0 Å². The van der Waals surface area contributed by atoms with Crippen LogP contribution in [0, 0.1) is 24.6 Å². The number of fused-ring (bicyclic) bond motifs is 5. The van der Waals surface area contributed by atoms with Gasteiger partial charge in [-0.15, -0.1) is 0 Å². The average Bonchev–Trinajstić information content (AvgIpc) is 2.74. The highest BCUT2D eigenvalue weighted by atomic mass is 19.1. The molecule has 1 aromatic heterocycles. The Bertz CT molecular complexity index is 1010. The van der Waals surface area contributed by atoms with E-state index in [0.29, 0.717) is 47.0 Å². The van der Waals surface area contributed by atoms with Gasteiger partial charge in [-0.3, -0.25) is 14.6 Å². The molecule has 7 heteroatoms. The fourth-order valence-electron chi connectivity index (χ4n) is 5.71. The molecular weight excluding hydrogens is 383 g/mol. The Morgan fingerprint density at radius 2 is 2.13 bits per heavy atom. The van der Waals surface area contributed by atoms with Gasteiger partial charge >= 0.3 is 0 Å². The van der Waals surface area contributed by atoms with Crippen molar-refractivity contribution < 1.29 is 14.0 Å². The van der Waals surface area contributed by atoms with Gasteiger partial charge in [0.2, 0.25) is 5.91 Å². The Balaban J connectivity index is 1.40. The molecule has 2 N–H and O–H groups in total. The third-order valence-electron chi connectivity index (χ3n) is 7.02. The number of amides is 2. The summed E-state index contributed by atoms with van der Waals surface area (Å²) in [5, 5.41) is 7.08. The van der Waals surface area contributed by atoms with Crippen LogP contribution in [0.5, 0.6) is 0 Å². The molecule has 4 heterocycles. The molecule has 2 amide bonds. The van der Waals surface area contributed by atoms with Crippen molar-refractivity contribution in [3.05, 3.63) is 41.3 Å². The predicted molar refractivity (Wildman–Crippen MR) is 112 cm³/mol. The van der Waals surface area contributed by atoms with Crippen LogP contribution in [0.15, 0.2) is 24.3 Å². The van der Waals surface area contributed by atoms with E-state index in [9.17, 15) is 14.0 Å². The molecule has 0 saturated carbocycles. The number of hydrogen-bond acceptors (Lipinski definition) is 4. The summed E-state index contributed by atoms with van der Waals surface area (Å²) in [6.07, 6.45) is 3.70. The third kappa shape index (κ3) is 3.35. The molecule has 3 saturated heterocycles. The Kier molecular flexibility index (Phi) is 4.93. The van der Waals surface area contributed by atoms with Crippen LogP contribution in [-0.4, -0.2) is 53.4 Å². The van der Waals surface area contributed by atoms with Crippen LogP contribution >= 0.6 is 0 Å². The van der Waals surface area contributed by atoms with E-state index in [1.165, 1.54) is 12.1 Å². The number of aryl methyl sites for hydroxylation is 1. The first-order valence-corrected chi connectivity index (χ1v) is 10.9. The molecule has 5 rings (SSSR count). The van der Waals surface area contributed by atoms with E-state index in [1.54, 1.807) is 12.1 Å². The normalized spacial score (nSPS) is 28.3. The Morgan fingerprint density at radius 1 is 1.30 bits per heavy atom. The van der Waals surface area contributed by atoms with Gasteiger partial charge in [-0.25, -0.2) is 4.39 Å². The van der Waals surface area contributed by atoms with Crippen LogP contribution in [0.1, 0.15) is 41.7 Å². The van der Waals surface area contributed by atoms with Gasteiger partial charge in [0, 0.05) is 36.6 Å². The van der Waals surface area contributed by atoms with Crippen LogP contribution in [0.2, 0.25) is 0 Å². The van der Waals surface area contributed by atoms with Crippen LogP contribution < -0.4 is 10.6 Å². The lowest BCUT2D eigenvalue weighted by Gasteiger charge is -2.54. The topological polar surface area (TPSA) is 74.3 Å². The summed E-state index contributed by atoms with van der Waals surface area (Å²) >= 11 is 0. The largest absolute Gasteiger partial charge is 0.350 e. The number of benzene rings is 1. The second kappa shape index (κ2) is 7.61. The van der Waals surface area contributed by atoms with Gasteiger partial charge in [0.25, 0.3) is 5.91 Å². The van der Waals surface area contributed by atoms with Crippen molar-refractivity contribution in [3.8, 4) is 0 Å². The van der Waals surface area contributed by atoms with Crippen LogP contribution in [0.25, 0.3) is 10.9 Å². The molecule has 3 fully saturated rings. The number of carbonyl (C=O) groups is 2. The zero-order valence-electron chi connectivity index (χ0n) is 17.2. The molecule has 1 aromatic carbocycles. The predicted octanol–water partition coefficient (Wildman–Crippen LogP) is 2.40. The lowest BCUT2D eigenvalue weighted by molar-refractivity contribution is -0.148. The van der Waals surface area contributed by atoms with Gasteiger partial charge in [0.1, 0.15) is 5.82 Å². The standard InChI is InChI=1S/C23H27FN4O2/c1-13-7-18(17-9-16(24)5-6-19(17)27-13)23(30)26-12-21-15-8-14(10-25-11-15)20-3-2-4-22(29)28(20)21/h5-7,9,14-15,20-21,25H,2-4,8,10-12H2,1H3,(H,26,30)/t14-,15+,20+,21+/m1/s1. The Hall–Kier alpha value is -2.54. The van der Waals surface area contributed by atoms with Gasteiger partial charge in [-0.2, -0.15) is 0 Å². The molecule has 0 radical (unpaired) electrons. The molecule has 0 spiro atoms. The highest BCUT2D eigenvalue weighted by Crippen LogP contribution is 2.39. The number of rotatable bonds is 3. The molecule has 3 aliphatic rings. The number of nitrogens with zero attached hydrogens (tertiary/aromatic N) is 2. The molecule has 158 valence electrons. The summed E-state index contributed by atoms with van der Waals surface area (Å²) in [4.78, 5) is 32.4. The molecule has 0 unspecified atom stereocenters. The third-order valence-corrected chi connectivity index (χ3v) is 7.02. The number of piperidine rings is 3. The van der Waals surface area contributed by atoms with E-state index < -0.39 is 5.82 Å². The van der Waals surface area contributed by atoms with E-state index in [-0.39, 0.29) is 23.9 Å². The quantitative estimate of drug-likeness (QED) is 0.815. The van der Waals surface area contributed by atoms with Crippen molar-refractivity contribution in [1.82, 2.24) is 20.5 Å². The minimum Gasteiger partial charge on any atom is -0.350 e. The average molecular weight is 410 g/mol. The van der Waals surface area contributed by atoms with Crippen molar-refractivity contribution in [2.24, 2.45) is 11.8 Å². The zero-order valence-corrected chi connectivity index (χ0v) is 17.2. The van der Waals surface area contributed by atoms with Crippen molar-refractivity contribution in [3.63, 3.8) is 0 Å². The Morgan fingerprint density at radius 3 is 3.00 bits per heavy atom. The minimum atomic E-state index is -0.393. The molecule has 30 heavy (non-hydrogen) atoms. The molecular formula is C23H27FN4O2. The maximum Gasteiger partial charge on any atom is 0.252 e. The molecule has 2 aromatic rings. The second-order valence-corrected chi connectivity index (χ2v) is 8.92. The minimum absolute atomic E-state index is 0.00161. The van der Waals surface area contributed by atoms with E-state index in [4.69, 9.17) is 0 Å². The first-order valence-electron chi connectivity index (χ1n) is 10.9. The monoisotopic (exact) mass is 410 g/mol. The number of pyridine rings is 1. The highest BCUT2D eigenvalue weighted by molar-refractivity contribution is 6.06. The van der Waals surface area contributed by atoms with E-state index in [1.807, 2.05) is 6.92 Å². The molecule has 4 atom stereocenters. The van der Waals surface area contributed by atoms with E-state index in [0.717, 1.165) is 32.4 Å². The van der Waals surface area contributed by atoms with Crippen molar-refractivity contribution in [2.45, 2.75) is 44.7 Å². The van der Waals surface area contributed by atoms with Gasteiger partial charge in [-0.05, 0) is 68.8 Å². The zero-order chi connectivity index (χ0) is 20.8. The summed E-state index contributed by atoms with van der Waals surface area (Å²) in [5.41, 5.74) is 1.74. The van der Waals surface area contributed by atoms with Gasteiger partial charge in [0.05, 0.1) is 17.1 Å². The number of carbonyl (C=O) groups excluding carboxylic acids is 2. The van der Waals surface area contributed by atoms with Gasteiger partial charge < -0.3 is 15.5 Å². The molecule has 3 aliphatic heterocycles. The van der Waals surface area contributed by atoms with Crippen LogP contribution in [0.4, 0.5) is 4.39 Å². The number of halogens is 1. The number of hydrogen-bond donors (Lipinski definition) is 2. The van der Waals surface area contributed by atoms with Crippen molar-refractivity contribution >= 4 is 22.7 Å². The SMILES string of the molecule is Cc1cc(C(=O)NC[C@H]2[C@@H]3CNC[C@@H](C3)[C@@H]3CCCC(=O)N32)c2cc(F)ccc2n1. The highest BCUT2D eigenvalue weighted by Gasteiger charge is 2.47. The maximum atomic E-state index is 13.8. The molecule has 6 nitrogen and oxygen atoms in total. The first kappa shape index (κ1) is 19.4. The van der Waals surface area contributed by atoms with Crippen molar-refractivity contribution in [2.75, 3.05) is 19.6 Å². The summed E-state index contributed by atoms with van der Waals surface area (Å²) in [5.74, 6) is 0.429. The summed E-state index contributed by atoms with van der Waals surface area (Å²) in [6, 6.07) is 6.28. The lowest BCUT2D eigenvalue weighted by Crippen LogP contribution is -2.66. The van der Waals surface area contributed by atoms with Gasteiger partial charge in [0.15, 0.2) is 0 Å². The number of aromatic nitrogens is 1. The first-order chi connectivity index (χ1) is 14.5. The molecule has 0 aliphatic carbocycles. The lowest BCUT2D eigenvalue weighted by atomic mass is 9.72. The number of nitrogens with one attached hydrogen (secondary N) is 2. The smallest absolute Gasteiger partial charge is 0.252 e. The summed E-state index contributed by atoms with van der Waals surface area (Å²) < 4.78 is 13.8. The fraction of sp³-hybridized carbons (Fsp3) is 0.522. The van der Waals surface area contributed by atoms with Crippen molar-refractivity contribution in [1.29, 1.82) is 0 Å². The fourth-order valence-corrected chi connectivity index (χ4v) is 5.71. The Labute approximate surface area is 175 Å². The maximum absolute atomic E-state index is 13.8. The second-order valence-electron chi connectivity index (χ2n) is 8.92. The summed E-state index contributed by atoms with van der Waals surface area (Å²) in [7, 11) is 0. The van der Waals surface area contributed by atoms with Crippen LogP contribution in [-0.2, 0) is 4.79 Å². The van der Waals surface area contributed by atoms with Crippen LogP contribution in [0.3, 0.4) is 0 Å². The van der Waals surface area contributed by atoms with E-state index in [2.05, 4.69) is 20.5 Å².